The topological polar surface area (TPSA) is 50.9 Å². The number of nitrogens with one attached hydrogen (secondary N) is 1. The van der Waals surface area contributed by atoms with Crippen molar-refractivity contribution in [3.8, 4) is 0 Å². The number of hydrogen-bond donors (Lipinski definition) is 2. The van der Waals surface area contributed by atoms with Gasteiger partial charge in [-0.1, -0.05) is 6.92 Å². The molecule has 0 amide bonds. The molecule has 1 aromatic heterocycles. The number of anilines is 1. The van der Waals surface area contributed by atoms with E-state index in [0.29, 0.717) is 6.54 Å². The summed E-state index contributed by atoms with van der Waals surface area (Å²) >= 11 is 0. The minimum atomic E-state index is 0.0859. The minimum Gasteiger partial charge on any atom is -0.380 e. The molecule has 0 radical (unpaired) electrons. The Morgan fingerprint density at radius 2 is 2.27 bits per heavy atom. The van der Waals surface area contributed by atoms with E-state index in [9.17, 15) is 0 Å². The molecule has 3 nitrogen and oxygen atoms in total. The van der Waals surface area contributed by atoms with Gasteiger partial charge < -0.3 is 11.1 Å². The van der Waals surface area contributed by atoms with Crippen molar-refractivity contribution in [2.75, 3.05) is 11.9 Å². The predicted molar refractivity (Wildman–Crippen MR) is 65.0 cm³/mol. The van der Waals surface area contributed by atoms with Crippen molar-refractivity contribution in [3.63, 3.8) is 0 Å². The molecule has 0 aliphatic carbocycles. The molecule has 0 spiro atoms. The van der Waals surface area contributed by atoms with Gasteiger partial charge in [-0.25, -0.2) is 0 Å². The zero-order valence-corrected chi connectivity index (χ0v) is 9.88. The maximum absolute atomic E-state index is 5.62. The van der Waals surface area contributed by atoms with Crippen LogP contribution in [0.3, 0.4) is 0 Å². The Morgan fingerprint density at radius 1 is 1.53 bits per heavy atom. The molecule has 0 fully saturated rings. The fourth-order valence-corrected chi connectivity index (χ4v) is 1.62. The van der Waals surface area contributed by atoms with E-state index >= 15 is 0 Å². The van der Waals surface area contributed by atoms with Crippen LogP contribution in [0.25, 0.3) is 0 Å². The van der Waals surface area contributed by atoms with Gasteiger partial charge in [0.1, 0.15) is 0 Å². The lowest BCUT2D eigenvalue weighted by molar-refractivity contribution is 0.463. The first-order valence-corrected chi connectivity index (χ1v) is 5.50. The van der Waals surface area contributed by atoms with E-state index in [1.165, 1.54) is 0 Å². The standard InChI is InChI=1S/C12H21N3/c1-4-12(3,6-7-13)15-11-5-8-14-10(2)9-11/h5,8-9H,4,6-7,13H2,1-3H3,(H,14,15). The highest BCUT2D eigenvalue weighted by atomic mass is 15.0. The molecule has 1 unspecified atom stereocenters. The van der Waals surface area contributed by atoms with Crippen LogP contribution >= 0.6 is 0 Å². The molecule has 0 aromatic carbocycles. The Hall–Kier alpha value is -1.09. The van der Waals surface area contributed by atoms with Gasteiger partial charge in [0.25, 0.3) is 0 Å². The summed E-state index contributed by atoms with van der Waals surface area (Å²) in [6.07, 6.45) is 3.87. The Labute approximate surface area is 92.1 Å². The number of aryl methyl sites for hydroxylation is 1. The first-order valence-electron chi connectivity index (χ1n) is 5.50. The highest BCUT2D eigenvalue weighted by molar-refractivity contribution is 5.45. The van der Waals surface area contributed by atoms with Crippen molar-refractivity contribution >= 4 is 5.69 Å². The molecular formula is C12H21N3. The Morgan fingerprint density at radius 3 is 2.80 bits per heavy atom. The lowest BCUT2D eigenvalue weighted by Crippen LogP contribution is -2.36. The number of pyridine rings is 1. The van der Waals surface area contributed by atoms with E-state index in [-0.39, 0.29) is 5.54 Å². The van der Waals surface area contributed by atoms with Crippen molar-refractivity contribution in [2.45, 2.75) is 39.2 Å². The highest BCUT2D eigenvalue weighted by Gasteiger charge is 2.20. The summed E-state index contributed by atoms with van der Waals surface area (Å²) in [5, 5.41) is 3.53. The number of nitrogens with zero attached hydrogens (tertiary/aromatic N) is 1. The average Bonchev–Trinajstić information content (AvgIpc) is 2.18. The highest BCUT2D eigenvalue weighted by Crippen LogP contribution is 2.21. The third-order valence-electron chi connectivity index (χ3n) is 2.82. The molecule has 15 heavy (non-hydrogen) atoms. The van der Waals surface area contributed by atoms with Crippen molar-refractivity contribution in [3.05, 3.63) is 24.0 Å². The molecule has 3 N–H and O–H groups in total. The van der Waals surface area contributed by atoms with E-state index in [1.807, 2.05) is 19.2 Å². The van der Waals surface area contributed by atoms with Crippen LogP contribution in [0.5, 0.6) is 0 Å². The van der Waals surface area contributed by atoms with Crippen LogP contribution in [0.2, 0.25) is 0 Å². The third-order valence-corrected chi connectivity index (χ3v) is 2.82. The van der Waals surface area contributed by atoms with Gasteiger partial charge in [-0.2, -0.15) is 0 Å². The van der Waals surface area contributed by atoms with E-state index in [2.05, 4.69) is 30.2 Å². The van der Waals surface area contributed by atoms with Crippen LogP contribution in [0.1, 0.15) is 32.4 Å². The van der Waals surface area contributed by atoms with Gasteiger partial charge in [0.05, 0.1) is 0 Å². The van der Waals surface area contributed by atoms with Crippen LogP contribution < -0.4 is 11.1 Å². The SMILES string of the molecule is CCC(C)(CCN)Nc1ccnc(C)c1. The number of nitrogens with two attached hydrogens (primary N) is 1. The van der Waals surface area contributed by atoms with E-state index < -0.39 is 0 Å². The molecule has 1 heterocycles. The van der Waals surface area contributed by atoms with Gasteiger partial charge in [0.2, 0.25) is 0 Å². The third kappa shape index (κ3) is 3.51. The van der Waals surface area contributed by atoms with Crippen LogP contribution in [0.4, 0.5) is 5.69 Å². The number of rotatable bonds is 5. The van der Waals surface area contributed by atoms with Crippen LogP contribution in [-0.4, -0.2) is 17.1 Å². The van der Waals surface area contributed by atoms with Crippen molar-refractivity contribution in [1.82, 2.24) is 4.98 Å². The van der Waals surface area contributed by atoms with Crippen LogP contribution in [0.15, 0.2) is 18.3 Å². The largest absolute Gasteiger partial charge is 0.380 e. The smallest absolute Gasteiger partial charge is 0.0393 e. The summed E-state index contributed by atoms with van der Waals surface area (Å²) in [4.78, 5) is 4.18. The molecular weight excluding hydrogens is 186 g/mol. The summed E-state index contributed by atoms with van der Waals surface area (Å²) in [5.74, 6) is 0. The second-order valence-corrected chi connectivity index (χ2v) is 4.26. The average molecular weight is 207 g/mol. The van der Waals surface area contributed by atoms with Crippen LogP contribution in [0, 0.1) is 6.92 Å². The second kappa shape index (κ2) is 5.12. The first-order chi connectivity index (χ1) is 7.09. The Balaban J connectivity index is 2.74. The monoisotopic (exact) mass is 207 g/mol. The fourth-order valence-electron chi connectivity index (χ4n) is 1.62. The zero-order valence-electron chi connectivity index (χ0n) is 9.88. The van der Waals surface area contributed by atoms with Crippen molar-refractivity contribution in [1.29, 1.82) is 0 Å². The second-order valence-electron chi connectivity index (χ2n) is 4.26. The number of hydrogen-bond acceptors (Lipinski definition) is 3. The molecule has 0 aliphatic heterocycles. The van der Waals surface area contributed by atoms with Gasteiger partial charge in [-0.3, -0.25) is 4.98 Å². The summed E-state index contributed by atoms with van der Waals surface area (Å²) in [7, 11) is 0. The molecule has 3 heteroatoms. The molecule has 1 atom stereocenters. The zero-order chi connectivity index (χ0) is 11.3. The van der Waals surface area contributed by atoms with Gasteiger partial charge in [0, 0.05) is 23.1 Å². The molecule has 0 saturated heterocycles. The summed E-state index contributed by atoms with van der Waals surface area (Å²) in [5.41, 5.74) is 7.87. The minimum absolute atomic E-state index is 0.0859. The normalized spacial score (nSPS) is 14.7. The predicted octanol–water partition coefficient (Wildman–Crippen LogP) is 2.32. The quantitative estimate of drug-likeness (QED) is 0.779. The van der Waals surface area contributed by atoms with Gasteiger partial charge >= 0.3 is 0 Å². The molecule has 84 valence electrons. The van der Waals surface area contributed by atoms with Crippen molar-refractivity contribution < 1.29 is 0 Å². The maximum Gasteiger partial charge on any atom is 0.0393 e. The van der Waals surface area contributed by atoms with Crippen molar-refractivity contribution in [2.24, 2.45) is 5.73 Å². The summed E-state index contributed by atoms with van der Waals surface area (Å²) in [6.45, 7) is 7.09. The lowest BCUT2D eigenvalue weighted by atomic mass is 9.94. The molecule has 0 aliphatic rings. The Kier molecular flexibility index (Phi) is 4.09. The van der Waals surface area contributed by atoms with E-state index in [0.717, 1.165) is 24.2 Å². The fraction of sp³-hybridized carbons (Fsp3) is 0.583. The first kappa shape index (κ1) is 12.0. The van der Waals surface area contributed by atoms with E-state index in [4.69, 9.17) is 5.73 Å². The summed E-state index contributed by atoms with van der Waals surface area (Å²) in [6, 6.07) is 4.06. The molecule has 1 rings (SSSR count). The summed E-state index contributed by atoms with van der Waals surface area (Å²) < 4.78 is 0. The van der Waals surface area contributed by atoms with Gasteiger partial charge in [-0.15, -0.1) is 0 Å². The lowest BCUT2D eigenvalue weighted by Gasteiger charge is -2.30. The maximum atomic E-state index is 5.62. The molecule has 0 saturated carbocycles. The van der Waals surface area contributed by atoms with E-state index in [1.54, 1.807) is 0 Å². The van der Waals surface area contributed by atoms with Gasteiger partial charge in [0.15, 0.2) is 0 Å². The molecule has 1 aromatic rings. The number of aromatic nitrogens is 1. The van der Waals surface area contributed by atoms with Gasteiger partial charge in [-0.05, 0) is 45.4 Å². The molecule has 0 bridgehead atoms. The van der Waals surface area contributed by atoms with Crippen LogP contribution in [-0.2, 0) is 0 Å². The Bertz CT molecular complexity index is 311.